The summed E-state index contributed by atoms with van der Waals surface area (Å²) in [7, 11) is 0. The van der Waals surface area contributed by atoms with Crippen molar-refractivity contribution in [3.8, 4) is 0 Å². The largest absolute Gasteiger partial charge is 0.339 e. The molecular formula is C10H13OS+. The van der Waals surface area contributed by atoms with Crippen molar-refractivity contribution >= 4 is 12.6 Å². The second kappa shape index (κ2) is 3.76. The second-order valence-corrected chi connectivity index (χ2v) is 3.23. The average molecular weight is 181 g/mol. The number of thiol groups is 1. The molecule has 0 bridgehead atoms. The fraction of sp³-hybridized carbons (Fsp3) is 0.300. The fourth-order valence-electron chi connectivity index (χ4n) is 1.17. The summed E-state index contributed by atoms with van der Waals surface area (Å²) < 4.78 is 5.38. The molecule has 0 saturated heterocycles. The zero-order valence-corrected chi connectivity index (χ0v) is 8.32. The van der Waals surface area contributed by atoms with Gasteiger partial charge in [-0.3, -0.25) is 0 Å². The van der Waals surface area contributed by atoms with Gasteiger partial charge < -0.3 is 0 Å². The summed E-state index contributed by atoms with van der Waals surface area (Å²) in [6, 6.07) is 2.00. The van der Waals surface area contributed by atoms with Crippen LogP contribution in [0.1, 0.15) is 17.1 Å². The van der Waals surface area contributed by atoms with Crippen LogP contribution in [0.4, 0.5) is 0 Å². The van der Waals surface area contributed by atoms with Crippen molar-refractivity contribution in [3.63, 3.8) is 0 Å². The lowest BCUT2D eigenvalue weighted by atomic mass is 10.1. The van der Waals surface area contributed by atoms with Gasteiger partial charge in [0.15, 0.2) is 0 Å². The number of allylic oxidation sites excluding steroid dienone is 1. The van der Waals surface area contributed by atoms with E-state index in [1.165, 1.54) is 5.56 Å². The molecule has 0 atom stereocenters. The Morgan fingerprint density at radius 3 is 2.83 bits per heavy atom. The highest BCUT2D eigenvalue weighted by Gasteiger charge is 2.13. The smallest absolute Gasteiger partial charge is 0.217 e. The predicted molar refractivity (Wildman–Crippen MR) is 53.7 cm³/mol. The Morgan fingerprint density at radius 2 is 2.25 bits per heavy atom. The third kappa shape index (κ3) is 1.89. The van der Waals surface area contributed by atoms with Crippen LogP contribution in [0.15, 0.2) is 28.0 Å². The molecule has 0 aliphatic carbocycles. The molecule has 1 nitrogen and oxygen atoms in total. The van der Waals surface area contributed by atoms with E-state index in [4.69, 9.17) is 4.42 Å². The monoisotopic (exact) mass is 181 g/mol. The van der Waals surface area contributed by atoms with Gasteiger partial charge in [0.05, 0.1) is 13.8 Å². The van der Waals surface area contributed by atoms with E-state index in [-0.39, 0.29) is 0 Å². The van der Waals surface area contributed by atoms with Crippen LogP contribution in [-0.2, 0) is 6.42 Å². The van der Waals surface area contributed by atoms with Crippen LogP contribution in [0, 0.1) is 13.8 Å². The van der Waals surface area contributed by atoms with Gasteiger partial charge in [0.2, 0.25) is 0 Å². The lowest BCUT2D eigenvalue weighted by Gasteiger charge is -1.97. The average Bonchev–Trinajstić information content (AvgIpc) is 2.00. The first-order chi connectivity index (χ1) is 5.65. The van der Waals surface area contributed by atoms with Gasteiger partial charge in [0.25, 0.3) is 0 Å². The molecule has 2 heteroatoms. The molecule has 0 N–H and O–H groups in total. The van der Waals surface area contributed by atoms with Crippen LogP contribution in [0.5, 0.6) is 0 Å². The highest BCUT2D eigenvalue weighted by atomic mass is 32.1. The van der Waals surface area contributed by atoms with Crippen LogP contribution >= 0.6 is 12.6 Å². The predicted octanol–water partition coefficient (Wildman–Crippen LogP) is 3.19. The van der Waals surface area contributed by atoms with Crippen LogP contribution in [0.3, 0.4) is 0 Å². The molecular weight excluding hydrogens is 168 g/mol. The SMILES string of the molecule is C=CCc1cc(C)[o+]c(C)c1S. The van der Waals surface area contributed by atoms with Gasteiger partial charge in [-0.25, -0.2) is 4.42 Å². The van der Waals surface area contributed by atoms with Gasteiger partial charge in [-0.05, 0) is 12.0 Å². The van der Waals surface area contributed by atoms with Crippen molar-refractivity contribution in [1.29, 1.82) is 0 Å². The fourth-order valence-corrected chi connectivity index (χ4v) is 1.37. The number of aryl methyl sites for hydroxylation is 2. The van der Waals surface area contributed by atoms with E-state index in [2.05, 4.69) is 19.2 Å². The maximum absolute atomic E-state index is 5.38. The first kappa shape index (κ1) is 9.33. The Morgan fingerprint density at radius 1 is 1.58 bits per heavy atom. The van der Waals surface area contributed by atoms with Crippen molar-refractivity contribution in [2.75, 3.05) is 0 Å². The minimum atomic E-state index is 0.844. The summed E-state index contributed by atoms with van der Waals surface area (Å²) in [5.41, 5.74) is 1.18. The third-order valence-corrected chi connectivity index (χ3v) is 2.30. The lowest BCUT2D eigenvalue weighted by molar-refractivity contribution is 0.469. The quantitative estimate of drug-likeness (QED) is 0.419. The van der Waals surface area contributed by atoms with Crippen molar-refractivity contribution in [2.45, 2.75) is 25.2 Å². The topological polar surface area (TPSA) is 11.3 Å². The number of hydrogen-bond acceptors (Lipinski definition) is 1. The summed E-state index contributed by atoms with van der Waals surface area (Å²) in [6.45, 7) is 7.55. The van der Waals surface area contributed by atoms with E-state index in [1.54, 1.807) is 0 Å². The first-order valence-electron chi connectivity index (χ1n) is 3.88. The van der Waals surface area contributed by atoms with Gasteiger partial charge in [-0.2, -0.15) is 0 Å². The summed E-state index contributed by atoms with van der Waals surface area (Å²) in [4.78, 5) is 0.931. The number of hydrogen-bond donors (Lipinski definition) is 1. The van der Waals surface area contributed by atoms with Crippen molar-refractivity contribution in [2.24, 2.45) is 0 Å². The van der Waals surface area contributed by atoms with Gasteiger partial charge in [0.1, 0.15) is 4.90 Å². The summed E-state index contributed by atoms with van der Waals surface area (Å²) in [5, 5.41) is 0. The number of rotatable bonds is 2. The van der Waals surface area contributed by atoms with Gasteiger partial charge in [0, 0.05) is 6.07 Å². The Labute approximate surface area is 78.5 Å². The molecule has 0 aromatic carbocycles. The molecule has 1 aromatic heterocycles. The highest BCUT2D eigenvalue weighted by molar-refractivity contribution is 7.80. The first-order valence-corrected chi connectivity index (χ1v) is 4.33. The minimum Gasteiger partial charge on any atom is -0.217 e. The Balaban J connectivity index is 3.17. The molecule has 0 fully saturated rings. The van der Waals surface area contributed by atoms with E-state index in [0.29, 0.717) is 0 Å². The normalized spacial score (nSPS) is 9.92. The summed E-state index contributed by atoms with van der Waals surface area (Å²) in [5.74, 6) is 1.79. The van der Waals surface area contributed by atoms with Gasteiger partial charge in [-0.1, -0.05) is 6.08 Å². The molecule has 0 aliphatic rings. The van der Waals surface area contributed by atoms with E-state index in [0.717, 1.165) is 22.8 Å². The van der Waals surface area contributed by atoms with Crippen LogP contribution in [-0.4, -0.2) is 0 Å². The molecule has 0 saturated carbocycles. The second-order valence-electron chi connectivity index (χ2n) is 2.78. The Hall–Kier alpha value is -0.760. The Bertz CT molecular complexity index is 305. The van der Waals surface area contributed by atoms with Crippen molar-refractivity contribution in [1.82, 2.24) is 0 Å². The van der Waals surface area contributed by atoms with Crippen LogP contribution < -0.4 is 0 Å². The molecule has 1 heterocycles. The molecule has 64 valence electrons. The van der Waals surface area contributed by atoms with Gasteiger partial charge in [-0.15, -0.1) is 19.2 Å². The van der Waals surface area contributed by atoms with Crippen LogP contribution in [0.25, 0.3) is 0 Å². The summed E-state index contributed by atoms with van der Waals surface area (Å²) >= 11 is 4.35. The molecule has 0 spiro atoms. The molecule has 1 aromatic rings. The summed E-state index contributed by atoms with van der Waals surface area (Å²) in [6.07, 6.45) is 2.71. The van der Waals surface area contributed by atoms with Crippen molar-refractivity contribution < 1.29 is 4.42 Å². The van der Waals surface area contributed by atoms with Crippen molar-refractivity contribution in [3.05, 3.63) is 35.8 Å². The van der Waals surface area contributed by atoms with E-state index < -0.39 is 0 Å². The zero-order valence-electron chi connectivity index (χ0n) is 7.42. The minimum absolute atomic E-state index is 0.844. The van der Waals surface area contributed by atoms with E-state index >= 15 is 0 Å². The Kier molecular flexibility index (Phi) is 2.93. The van der Waals surface area contributed by atoms with Crippen LogP contribution in [0.2, 0.25) is 0 Å². The molecule has 0 amide bonds. The maximum atomic E-state index is 5.38. The van der Waals surface area contributed by atoms with E-state index in [1.807, 2.05) is 26.0 Å². The maximum Gasteiger partial charge on any atom is 0.339 e. The molecule has 0 unspecified atom stereocenters. The molecule has 0 aliphatic heterocycles. The van der Waals surface area contributed by atoms with E-state index in [9.17, 15) is 0 Å². The zero-order chi connectivity index (χ0) is 9.14. The molecule has 0 radical (unpaired) electrons. The highest BCUT2D eigenvalue weighted by Crippen LogP contribution is 2.21. The molecule has 1 rings (SSSR count). The molecule has 12 heavy (non-hydrogen) atoms. The van der Waals surface area contributed by atoms with Gasteiger partial charge >= 0.3 is 11.5 Å². The standard InChI is InChI=1S/C10H12OS/c1-4-5-9-6-7(2)11-8(3)10(9)12/h4,6H,1,5H2,2-3H3/p+1. The third-order valence-electron chi connectivity index (χ3n) is 1.69. The lowest BCUT2D eigenvalue weighted by Crippen LogP contribution is -1.89.